The summed E-state index contributed by atoms with van der Waals surface area (Å²) < 4.78 is 11.4. The number of amides is 1. The van der Waals surface area contributed by atoms with E-state index in [0.29, 0.717) is 32.1 Å². The van der Waals surface area contributed by atoms with Crippen molar-refractivity contribution in [3.05, 3.63) is 48.0 Å². The van der Waals surface area contributed by atoms with Gasteiger partial charge < -0.3 is 25.4 Å². The highest BCUT2D eigenvalue weighted by atomic mass is 127. The predicted molar refractivity (Wildman–Crippen MR) is 131 cm³/mol. The number of halogens is 1. The van der Waals surface area contributed by atoms with Gasteiger partial charge in [-0.15, -0.1) is 24.0 Å². The summed E-state index contributed by atoms with van der Waals surface area (Å²) in [6.45, 7) is 3.87. The van der Waals surface area contributed by atoms with Gasteiger partial charge in [0.1, 0.15) is 0 Å². The van der Waals surface area contributed by atoms with Gasteiger partial charge in [-0.1, -0.05) is 19.1 Å². The Hall–Kier alpha value is -2.49. The molecule has 2 aromatic carbocycles. The van der Waals surface area contributed by atoms with Gasteiger partial charge in [0, 0.05) is 43.9 Å². The zero-order valence-electron chi connectivity index (χ0n) is 17.4. The number of benzene rings is 2. The van der Waals surface area contributed by atoms with Crippen molar-refractivity contribution in [3.63, 3.8) is 0 Å². The molecule has 0 aliphatic carbocycles. The van der Waals surface area contributed by atoms with Crippen LogP contribution in [-0.2, 0) is 11.3 Å². The molecule has 0 unspecified atom stereocenters. The van der Waals surface area contributed by atoms with Crippen LogP contribution in [0.4, 0.5) is 11.4 Å². The van der Waals surface area contributed by atoms with Crippen molar-refractivity contribution < 1.29 is 14.3 Å². The maximum Gasteiger partial charge on any atom is 0.224 e. The van der Waals surface area contributed by atoms with Crippen LogP contribution in [0.1, 0.15) is 31.7 Å². The molecule has 1 aliphatic heterocycles. The number of hydrogen-bond acceptors (Lipinski definition) is 4. The lowest BCUT2D eigenvalue weighted by atomic mass is 10.2. The van der Waals surface area contributed by atoms with E-state index in [4.69, 9.17) is 9.47 Å². The molecule has 2 aromatic rings. The Morgan fingerprint density at radius 1 is 1.03 bits per heavy atom. The average Bonchev–Trinajstić information content (AvgIpc) is 2.96. The van der Waals surface area contributed by atoms with E-state index in [-0.39, 0.29) is 29.9 Å². The minimum absolute atomic E-state index is 0. The van der Waals surface area contributed by atoms with Crippen LogP contribution in [0.5, 0.6) is 11.5 Å². The highest BCUT2D eigenvalue weighted by Gasteiger charge is 2.11. The smallest absolute Gasteiger partial charge is 0.224 e. The number of fused-ring (bicyclic) bond motifs is 1. The molecule has 3 N–H and O–H groups in total. The van der Waals surface area contributed by atoms with Crippen LogP contribution in [0.2, 0.25) is 0 Å². The molecular formula is C22H29IN4O3. The lowest BCUT2D eigenvalue weighted by molar-refractivity contribution is -0.116. The van der Waals surface area contributed by atoms with Gasteiger partial charge in [-0.05, 0) is 36.2 Å². The Kier molecular flexibility index (Phi) is 9.72. The highest BCUT2D eigenvalue weighted by Crippen LogP contribution is 2.32. The van der Waals surface area contributed by atoms with E-state index in [1.54, 1.807) is 7.05 Å². The molecule has 162 valence electrons. The first-order chi connectivity index (χ1) is 14.2. The molecule has 0 saturated heterocycles. The number of hydrogen-bond donors (Lipinski definition) is 3. The number of aliphatic imine (C=N–C) groups is 1. The summed E-state index contributed by atoms with van der Waals surface area (Å²) in [6.07, 6.45) is 2.22. The van der Waals surface area contributed by atoms with E-state index in [0.717, 1.165) is 41.3 Å². The SMILES string of the molecule is CCCC(=O)Nc1cccc(CNC(=NC)Nc2ccc3c(c2)OCCCO3)c1.I. The summed E-state index contributed by atoms with van der Waals surface area (Å²) in [5, 5.41) is 9.47. The zero-order chi connectivity index (χ0) is 20.5. The van der Waals surface area contributed by atoms with Crippen molar-refractivity contribution in [1.29, 1.82) is 0 Å². The number of nitrogens with zero attached hydrogens (tertiary/aromatic N) is 1. The Labute approximate surface area is 194 Å². The minimum atomic E-state index is 0. The number of nitrogens with one attached hydrogen (secondary N) is 3. The average molecular weight is 524 g/mol. The fourth-order valence-electron chi connectivity index (χ4n) is 2.95. The van der Waals surface area contributed by atoms with Crippen LogP contribution in [0.25, 0.3) is 0 Å². The Morgan fingerprint density at radius 2 is 1.80 bits per heavy atom. The second-order valence-electron chi connectivity index (χ2n) is 6.76. The Morgan fingerprint density at radius 3 is 2.57 bits per heavy atom. The largest absolute Gasteiger partial charge is 0.490 e. The van der Waals surface area contributed by atoms with Crippen molar-refractivity contribution in [3.8, 4) is 11.5 Å². The molecule has 0 aromatic heterocycles. The molecule has 1 aliphatic rings. The number of carbonyl (C=O) groups excluding carboxylic acids is 1. The predicted octanol–water partition coefficient (Wildman–Crippen LogP) is 4.39. The van der Waals surface area contributed by atoms with Crippen LogP contribution in [-0.4, -0.2) is 32.1 Å². The number of rotatable bonds is 6. The maximum atomic E-state index is 11.8. The first-order valence-electron chi connectivity index (χ1n) is 9.94. The second-order valence-corrected chi connectivity index (χ2v) is 6.76. The normalized spacial score (nSPS) is 12.9. The van der Waals surface area contributed by atoms with Gasteiger partial charge in [-0.3, -0.25) is 9.79 Å². The summed E-state index contributed by atoms with van der Waals surface area (Å²) in [5.74, 6) is 2.17. The Balaban J connectivity index is 0.00000320. The molecule has 0 radical (unpaired) electrons. The van der Waals surface area contributed by atoms with Gasteiger partial charge >= 0.3 is 0 Å². The fraction of sp³-hybridized carbons (Fsp3) is 0.364. The standard InChI is InChI=1S/C22H28N4O3.HI/c1-3-6-21(27)25-17-8-4-7-16(13-17)15-24-22(23-2)26-18-9-10-19-20(14-18)29-12-5-11-28-19;/h4,7-10,13-14H,3,5-6,11-12,15H2,1-2H3,(H,25,27)(H2,23,24,26);1H. The molecule has 1 heterocycles. The first kappa shape index (κ1) is 23.8. The third-order valence-electron chi connectivity index (χ3n) is 4.38. The highest BCUT2D eigenvalue weighted by molar-refractivity contribution is 14.0. The van der Waals surface area contributed by atoms with Gasteiger partial charge in [-0.2, -0.15) is 0 Å². The van der Waals surface area contributed by atoms with E-state index in [1.807, 2.05) is 49.4 Å². The van der Waals surface area contributed by atoms with Gasteiger partial charge in [0.2, 0.25) is 5.91 Å². The first-order valence-corrected chi connectivity index (χ1v) is 9.94. The summed E-state index contributed by atoms with van der Waals surface area (Å²) >= 11 is 0. The van der Waals surface area contributed by atoms with Crippen LogP contribution in [0.3, 0.4) is 0 Å². The van der Waals surface area contributed by atoms with E-state index in [2.05, 4.69) is 20.9 Å². The van der Waals surface area contributed by atoms with E-state index in [1.165, 1.54) is 0 Å². The molecule has 0 spiro atoms. The van der Waals surface area contributed by atoms with Gasteiger partial charge in [0.25, 0.3) is 0 Å². The molecular weight excluding hydrogens is 495 g/mol. The van der Waals surface area contributed by atoms with Crippen molar-refractivity contribution in [2.24, 2.45) is 4.99 Å². The molecule has 0 atom stereocenters. The molecule has 7 nitrogen and oxygen atoms in total. The van der Waals surface area contributed by atoms with Gasteiger partial charge in [0.05, 0.1) is 13.2 Å². The number of guanidine groups is 1. The van der Waals surface area contributed by atoms with Crippen molar-refractivity contribution >= 4 is 47.2 Å². The van der Waals surface area contributed by atoms with Crippen LogP contribution in [0, 0.1) is 0 Å². The summed E-state index contributed by atoms with van der Waals surface area (Å²) in [7, 11) is 1.72. The van der Waals surface area contributed by atoms with E-state index in [9.17, 15) is 4.79 Å². The van der Waals surface area contributed by atoms with Crippen molar-refractivity contribution in [2.45, 2.75) is 32.7 Å². The number of carbonyl (C=O) groups is 1. The molecule has 30 heavy (non-hydrogen) atoms. The van der Waals surface area contributed by atoms with Crippen LogP contribution >= 0.6 is 24.0 Å². The molecule has 8 heteroatoms. The maximum absolute atomic E-state index is 11.8. The van der Waals surface area contributed by atoms with Gasteiger partial charge in [-0.25, -0.2) is 0 Å². The van der Waals surface area contributed by atoms with Crippen molar-refractivity contribution in [2.75, 3.05) is 30.9 Å². The molecule has 0 bridgehead atoms. The molecule has 0 fully saturated rings. The lowest BCUT2D eigenvalue weighted by Gasteiger charge is -2.14. The third-order valence-corrected chi connectivity index (χ3v) is 4.38. The third kappa shape index (κ3) is 7.08. The van der Waals surface area contributed by atoms with E-state index < -0.39 is 0 Å². The fourth-order valence-corrected chi connectivity index (χ4v) is 2.95. The molecule has 3 rings (SSSR count). The summed E-state index contributed by atoms with van der Waals surface area (Å²) in [6, 6.07) is 13.5. The number of anilines is 2. The second kappa shape index (κ2) is 12.3. The molecule has 0 saturated carbocycles. The summed E-state index contributed by atoms with van der Waals surface area (Å²) in [4.78, 5) is 16.1. The minimum Gasteiger partial charge on any atom is -0.490 e. The lowest BCUT2D eigenvalue weighted by Crippen LogP contribution is -2.30. The van der Waals surface area contributed by atoms with Crippen LogP contribution in [0.15, 0.2) is 47.5 Å². The quantitative estimate of drug-likeness (QED) is 0.297. The summed E-state index contributed by atoms with van der Waals surface area (Å²) in [5.41, 5.74) is 2.71. The molecule has 1 amide bonds. The monoisotopic (exact) mass is 524 g/mol. The van der Waals surface area contributed by atoms with Crippen molar-refractivity contribution in [1.82, 2.24) is 5.32 Å². The Bertz CT molecular complexity index is 873. The van der Waals surface area contributed by atoms with Crippen LogP contribution < -0.4 is 25.4 Å². The number of ether oxygens (including phenoxy) is 2. The zero-order valence-corrected chi connectivity index (χ0v) is 19.7. The van der Waals surface area contributed by atoms with Gasteiger partial charge in [0.15, 0.2) is 17.5 Å². The van der Waals surface area contributed by atoms with E-state index >= 15 is 0 Å². The topological polar surface area (TPSA) is 84.0 Å².